The van der Waals surface area contributed by atoms with Crippen LogP contribution in [0.5, 0.6) is 0 Å². The summed E-state index contributed by atoms with van der Waals surface area (Å²) < 4.78 is 0. The van der Waals surface area contributed by atoms with E-state index < -0.39 is 0 Å². The maximum atomic E-state index is 6.66. The predicted octanol–water partition coefficient (Wildman–Crippen LogP) is 0.837. The molecule has 0 aromatic heterocycles. The van der Waals surface area contributed by atoms with Crippen molar-refractivity contribution >= 4 is 18.8 Å². The Morgan fingerprint density at radius 2 is 2.29 bits per heavy atom. The Hall–Kier alpha value is -0.680. The van der Waals surface area contributed by atoms with Crippen molar-refractivity contribution in [1.29, 1.82) is 5.41 Å². The highest BCUT2D eigenvalue weighted by molar-refractivity contribution is 7.85. The van der Waals surface area contributed by atoms with Gasteiger partial charge in [-0.15, -0.1) is 12.6 Å². The van der Waals surface area contributed by atoms with Crippen molar-refractivity contribution in [2.45, 2.75) is 0 Å². The monoisotopic (exact) mass is 109 g/mol. The van der Waals surface area contributed by atoms with Gasteiger partial charge in [-0.2, -0.15) is 0 Å². The van der Waals surface area contributed by atoms with Gasteiger partial charge < -0.3 is 5.41 Å². The van der Waals surface area contributed by atoms with Crippen LogP contribution >= 0.6 is 12.6 Å². The second-order valence-electron chi connectivity index (χ2n) is 1.16. The van der Waals surface area contributed by atoms with E-state index in [-0.39, 0.29) is 0 Å². The lowest BCUT2D eigenvalue weighted by Crippen LogP contribution is -1.89. The molecule has 34 valence electrons. The highest BCUT2D eigenvalue weighted by atomic mass is 32.1. The molecule has 0 aromatic carbocycles. The van der Waals surface area contributed by atoms with Crippen molar-refractivity contribution in [1.82, 2.24) is 0 Å². The fourth-order valence-corrected chi connectivity index (χ4v) is 0.471. The Morgan fingerprint density at radius 3 is 2.29 bits per heavy atom. The maximum Gasteiger partial charge on any atom is 0.0719 e. The quantitative estimate of drug-likeness (QED) is 0.283. The van der Waals surface area contributed by atoms with Crippen LogP contribution in [0.1, 0.15) is 0 Å². The van der Waals surface area contributed by atoms with Gasteiger partial charge in [0.15, 0.2) is 0 Å². The average molecular weight is 109 g/mol. The van der Waals surface area contributed by atoms with Crippen molar-refractivity contribution in [3.63, 3.8) is 0 Å². The van der Waals surface area contributed by atoms with E-state index in [1.165, 1.54) is 6.21 Å². The molecule has 0 aliphatic heterocycles. The molecule has 1 nitrogen and oxygen atoms in total. The number of rotatable bonds is 1. The van der Waals surface area contributed by atoms with E-state index in [1.807, 2.05) is 0 Å². The van der Waals surface area contributed by atoms with Crippen LogP contribution in [-0.4, -0.2) is 6.21 Å². The van der Waals surface area contributed by atoms with Gasteiger partial charge >= 0.3 is 0 Å². The minimum absolute atomic E-state index is 0.731. The Kier molecular flexibility index (Phi) is 0.918. The molecule has 0 aromatic rings. The summed E-state index contributed by atoms with van der Waals surface area (Å²) >= 11 is 3.91. The molecule has 0 fully saturated rings. The molecule has 1 rings (SSSR count). The Balaban J connectivity index is 2.82. The maximum absolute atomic E-state index is 6.66. The van der Waals surface area contributed by atoms with Crippen molar-refractivity contribution < 1.29 is 0 Å². The zero-order valence-electron chi connectivity index (χ0n) is 3.52. The lowest BCUT2D eigenvalue weighted by molar-refractivity contribution is 1.55. The van der Waals surface area contributed by atoms with E-state index in [9.17, 15) is 0 Å². The van der Waals surface area contributed by atoms with Crippen LogP contribution in [0.3, 0.4) is 0 Å². The van der Waals surface area contributed by atoms with Crippen LogP contribution < -0.4 is 0 Å². The molecule has 0 heterocycles. The summed E-state index contributed by atoms with van der Waals surface area (Å²) in [6, 6.07) is 0. The molecule has 0 amide bonds. The Labute approximate surface area is 47.3 Å². The van der Waals surface area contributed by atoms with E-state index in [0.717, 1.165) is 10.5 Å². The predicted molar refractivity (Wildman–Crippen MR) is 32.6 cm³/mol. The number of allylic oxidation sites excluding steroid dienone is 2. The minimum atomic E-state index is 0.731. The lowest BCUT2D eigenvalue weighted by Gasteiger charge is -1.96. The van der Waals surface area contributed by atoms with Crippen LogP contribution in [0.4, 0.5) is 0 Å². The molecule has 1 N–H and O–H groups in total. The molecular formula is C5H3NS. The Bertz CT molecular complexity index is 192. The van der Waals surface area contributed by atoms with Gasteiger partial charge in [-0.05, 0) is 0 Å². The first kappa shape index (κ1) is 4.48. The first-order valence-corrected chi connectivity index (χ1v) is 2.25. The van der Waals surface area contributed by atoms with Crippen LogP contribution in [-0.2, 0) is 0 Å². The summed E-state index contributed by atoms with van der Waals surface area (Å²) in [5, 5.41) is 6.66. The van der Waals surface area contributed by atoms with Crippen molar-refractivity contribution in [2.24, 2.45) is 0 Å². The molecule has 0 radical (unpaired) electrons. The van der Waals surface area contributed by atoms with Crippen molar-refractivity contribution in [3.05, 3.63) is 10.5 Å². The van der Waals surface area contributed by atoms with Crippen LogP contribution in [0.15, 0.2) is 10.5 Å². The largest absolute Gasteiger partial charge is 0.307 e. The van der Waals surface area contributed by atoms with E-state index in [2.05, 4.69) is 24.5 Å². The fourth-order valence-electron chi connectivity index (χ4n) is 0.295. The summed E-state index contributed by atoms with van der Waals surface area (Å²) in [6.07, 6.45) is 1.21. The first-order chi connectivity index (χ1) is 3.34. The Morgan fingerprint density at radius 1 is 1.57 bits per heavy atom. The van der Waals surface area contributed by atoms with E-state index in [1.54, 1.807) is 0 Å². The molecule has 1 aliphatic rings. The highest BCUT2D eigenvalue weighted by Crippen LogP contribution is 2.11. The van der Waals surface area contributed by atoms with Crippen molar-refractivity contribution in [2.75, 3.05) is 0 Å². The smallest absolute Gasteiger partial charge is 0.0719 e. The van der Waals surface area contributed by atoms with Gasteiger partial charge in [0, 0.05) is 6.21 Å². The van der Waals surface area contributed by atoms with Crippen LogP contribution in [0, 0.1) is 17.3 Å². The molecule has 1 aliphatic carbocycles. The molecular weight excluding hydrogens is 106 g/mol. The van der Waals surface area contributed by atoms with Crippen LogP contribution in [0.2, 0.25) is 0 Å². The second kappa shape index (κ2) is 1.43. The first-order valence-electron chi connectivity index (χ1n) is 1.80. The van der Waals surface area contributed by atoms with Gasteiger partial charge in [-0.3, -0.25) is 0 Å². The fraction of sp³-hybridized carbons (Fsp3) is 0. The van der Waals surface area contributed by atoms with Gasteiger partial charge in [-0.25, -0.2) is 0 Å². The molecule has 2 heteroatoms. The zero-order chi connectivity index (χ0) is 5.28. The molecule has 7 heavy (non-hydrogen) atoms. The molecule has 0 saturated carbocycles. The van der Waals surface area contributed by atoms with Gasteiger partial charge in [0.05, 0.1) is 10.5 Å². The third-order valence-corrected chi connectivity index (χ3v) is 1.07. The minimum Gasteiger partial charge on any atom is -0.307 e. The number of hydrogen-bond acceptors (Lipinski definition) is 2. The van der Waals surface area contributed by atoms with Gasteiger partial charge in [0.25, 0.3) is 0 Å². The lowest BCUT2D eigenvalue weighted by atomic mass is 10.2. The summed E-state index contributed by atoms with van der Waals surface area (Å²) in [6.45, 7) is 0. The normalized spacial score (nSPS) is 14.4. The second-order valence-corrected chi connectivity index (χ2v) is 1.60. The number of thiol groups is 1. The third-order valence-electron chi connectivity index (χ3n) is 0.715. The standard InChI is InChI=1S/C5H3NS/c6-3-4-1-2-5(4)7/h3,6-7H. The summed E-state index contributed by atoms with van der Waals surface area (Å²) in [5.74, 6) is 5.31. The molecule has 0 spiro atoms. The number of hydrogen-bond donors (Lipinski definition) is 2. The van der Waals surface area contributed by atoms with E-state index in [4.69, 9.17) is 5.41 Å². The molecule has 0 atom stereocenters. The highest BCUT2D eigenvalue weighted by Gasteiger charge is 1.99. The van der Waals surface area contributed by atoms with Gasteiger partial charge in [0.2, 0.25) is 0 Å². The third kappa shape index (κ3) is 0.551. The molecule has 0 saturated heterocycles. The SMILES string of the molecule is N=CC1=C(S)C#C1. The summed E-state index contributed by atoms with van der Waals surface area (Å²) in [5.41, 5.74) is 0.739. The van der Waals surface area contributed by atoms with E-state index in [0.29, 0.717) is 0 Å². The summed E-state index contributed by atoms with van der Waals surface area (Å²) in [4.78, 5) is 0.731. The molecule has 0 unspecified atom stereocenters. The number of nitrogens with one attached hydrogen (secondary N) is 1. The average Bonchev–Trinajstić information content (AvgIpc) is 1.65. The van der Waals surface area contributed by atoms with Crippen molar-refractivity contribution in [3.8, 4) is 11.8 Å². The van der Waals surface area contributed by atoms with Crippen LogP contribution in [0.25, 0.3) is 0 Å². The van der Waals surface area contributed by atoms with Gasteiger partial charge in [-0.1, -0.05) is 11.8 Å². The van der Waals surface area contributed by atoms with Gasteiger partial charge in [0.1, 0.15) is 0 Å². The van der Waals surface area contributed by atoms with E-state index >= 15 is 0 Å². The zero-order valence-corrected chi connectivity index (χ0v) is 4.42. The molecule has 0 bridgehead atoms. The topological polar surface area (TPSA) is 23.9 Å². The summed E-state index contributed by atoms with van der Waals surface area (Å²) in [7, 11) is 0.